The molecule has 1 aliphatic heterocycles. The summed E-state index contributed by atoms with van der Waals surface area (Å²) in [5.41, 5.74) is 10.5. The number of carbonyl (C=O) groups is 2. The minimum absolute atomic E-state index is 0.00217. The van der Waals surface area contributed by atoms with E-state index < -0.39 is 27.9 Å². The molecule has 0 radical (unpaired) electrons. The molecule has 0 bridgehead atoms. The maximum absolute atomic E-state index is 12.8. The molecule has 0 spiro atoms. The number of hydrogen-bond acceptors (Lipinski definition) is 8. The van der Waals surface area contributed by atoms with E-state index in [-0.39, 0.29) is 41.2 Å². The van der Waals surface area contributed by atoms with Gasteiger partial charge in [0.1, 0.15) is 10.9 Å². The number of nitrogens with one attached hydrogen (secondary N) is 2. The number of nitrogens with zero attached hydrogens (tertiary/aromatic N) is 1. The lowest BCUT2D eigenvalue weighted by Gasteiger charge is -2.15. The summed E-state index contributed by atoms with van der Waals surface area (Å²) in [7, 11) is -4.04. The van der Waals surface area contributed by atoms with Gasteiger partial charge in [0.05, 0.1) is 10.6 Å². The molecule has 1 aromatic heterocycles. The second kappa shape index (κ2) is 9.74. The topological polar surface area (TPSA) is 195 Å². The van der Waals surface area contributed by atoms with Crippen LogP contribution in [-0.4, -0.2) is 50.7 Å². The van der Waals surface area contributed by atoms with Crippen LogP contribution in [0, 0.1) is 0 Å². The maximum atomic E-state index is 12.8. The molecule has 12 nitrogen and oxygen atoms in total. The molecule has 0 saturated heterocycles. The molecule has 7 N–H and O–H groups in total. The lowest BCUT2D eigenvalue weighted by molar-refractivity contribution is -0.139. The van der Waals surface area contributed by atoms with E-state index in [1.165, 1.54) is 29.6 Å². The Bertz CT molecular complexity index is 1140. The third-order valence-electron chi connectivity index (χ3n) is 4.32. The smallest absolute Gasteiger partial charge is 0.326 e. The molecule has 2 aromatic rings. The van der Waals surface area contributed by atoms with Gasteiger partial charge in [-0.3, -0.25) is 14.5 Å². The van der Waals surface area contributed by atoms with Crippen LogP contribution >= 0.6 is 11.3 Å². The third-order valence-corrected chi connectivity index (χ3v) is 6.60. The highest BCUT2D eigenvalue weighted by molar-refractivity contribution is 7.92. The first kappa shape index (κ1) is 23.1. The number of rotatable bonds is 10. The number of aliphatic imine (C=N–C) groups is 1. The fraction of sp³-hybridized carbons (Fsp3) is 0.278. The molecule has 1 amide bonds. The first-order valence-corrected chi connectivity index (χ1v) is 11.6. The second-order valence-electron chi connectivity index (χ2n) is 6.60. The fourth-order valence-corrected chi connectivity index (χ4v) is 4.70. The molecule has 0 aliphatic carbocycles. The Balaban J connectivity index is 1.70. The number of sulfonamides is 1. The Morgan fingerprint density at radius 1 is 1.22 bits per heavy atom. The van der Waals surface area contributed by atoms with Crippen LogP contribution in [-0.2, 0) is 14.8 Å². The molecular weight excluding hydrogens is 462 g/mol. The van der Waals surface area contributed by atoms with Crippen LogP contribution in [0.15, 0.2) is 39.5 Å². The van der Waals surface area contributed by atoms with Crippen LogP contribution in [0.2, 0.25) is 0 Å². The monoisotopic (exact) mass is 483 g/mol. The van der Waals surface area contributed by atoms with Crippen LogP contribution in [0.3, 0.4) is 0 Å². The summed E-state index contributed by atoms with van der Waals surface area (Å²) in [5.74, 6) is -1.35. The number of thiophene rings is 1. The SMILES string of the molecule is NC(N)=NCCC[C@H](NC(=O)c1sccc1NS(=O)(=O)c1ccc2c(c1)OCO2)C(=O)O. The average Bonchev–Trinajstić information content (AvgIpc) is 3.38. The largest absolute Gasteiger partial charge is 0.480 e. The molecule has 1 aliphatic rings. The Morgan fingerprint density at radius 3 is 2.69 bits per heavy atom. The zero-order valence-electron chi connectivity index (χ0n) is 16.6. The lowest BCUT2D eigenvalue weighted by Crippen LogP contribution is -2.40. The van der Waals surface area contributed by atoms with Gasteiger partial charge < -0.3 is 31.4 Å². The Kier molecular flexibility index (Phi) is 7.05. The lowest BCUT2D eigenvalue weighted by atomic mass is 10.1. The van der Waals surface area contributed by atoms with E-state index >= 15 is 0 Å². The summed E-state index contributed by atoms with van der Waals surface area (Å²) in [4.78, 5) is 27.9. The summed E-state index contributed by atoms with van der Waals surface area (Å²) in [5, 5.41) is 13.3. The number of ether oxygens (including phenoxy) is 2. The van der Waals surface area contributed by atoms with E-state index in [1.807, 2.05) is 0 Å². The molecule has 1 atom stereocenters. The van der Waals surface area contributed by atoms with Crippen molar-refractivity contribution in [1.29, 1.82) is 0 Å². The van der Waals surface area contributed by atoms with Gasteiger partial charge in [-0.05, 0) is 36.4 Å². The summed E-state index contributed by atoms with van der Waals surface area (Å²) in [6.45, 7) is 0.208. The number of guanidine groups is 1. The molecule has 0 unspecified atom stereocenters. The van der Waals surface area contributed by atoms with E-state index in [2.05, 4.69) is 15.0 Å². The van der Waals surface area contributed by atoms with Crippen LogP contribution in [0.25, 0.3) is 0 Å². The number of carboxylic acid groups (broad SMARTS) is 1. The average molecular weight is 484 g/mol. The predicted molar refractivity (Wildman–Crippen MR) is 116 cm³/mol. The highest BCUT2D eigenvalue weighted by Crippen LogP contribution is 2.34. The van der Waals surface area contributed by atoms with E-state index in [0.717, 1.165) is 11.3 Å². The number of carbonyl (C=O) groups excluding carboxylic acids is 1. The van der Waals surface area contributed by atoms with Gasteiger partial charge in [-0.25, -0.2) is 13.2 Å². The zero-order chi connectivity index (χ0) is 23.3. The number of aliphatic carboxylic acids is 1. The van der Waals surface area contributed by atoms with Crippen molar-refractivity contribution < 1.29 is 32.6 Å². The summed E-state index contributed by atoms with van der Waals surface area (Å²) >= 11 is 0.968. The van der Waals surface area contributed by atoms with Crippen LogP contribution in [0.1, 0.15) is 22.5 Å². The van der Waals surface area contributed by atoms with E-state index in [9.17, 15) is 23.1 Å². The fourth-order valence-electron chi connectivity index (χ4n) is 2.80. The van der Waals surface area contributed by atoms with Crippen molar-refractivity contribution in [2.75, 3.05) is 18.1 Å². The second-order valence-corrected chi connectivity index (χ2v) is 9.20. The number of amides is 1. The standard InChI is InChI=1S/C18H21N5O7S2/c19-18(20)21-6-1-2-12(17(25)26)22-16(24)15-11(5-7-31-15)23-32(27,28)10-3-4-13-14(8-10)30-9-29-13/h3-5,7-8,12,23H,1-2,6,9H2,(H,22,24)(H,25,26)(H4,19,20,21)/t12-/m0/s1. The first-order valence-electron chi connectivity index (χ1n) is 9.26. The molecular formula is C18H21N5O7S2. The predicted octanol–water partition coefficient (Wildman–Crippen LogP) is 0.514. The number of fused-ring (bicyclic) bond motifs is 1. The molecule has 14 heteroatoms. The minimum atomic E-state index is -4.04. The number of benzene rings is 1. The van der Waals surface area contributed by atoms with Gasteiger partial charge in [-0.2, -0.15) is 0 Å². The van der Waals surface area contributed by atoms with Gasteiger partial charge in [0.25, 0.3) is 15.9 Å². The summed E-state index contributed by atoms with van der Waals surface area (Å²) < 4.78 is 38.3. The maximum Gasteiger partial charge on any atom is 0.326 e. The summed E-state index contributed by atoms with van der Waals surface area (Å²) in [6, 6.07) is 4.35. The van der Waals surface area contributed by atoms with E-state index in [1.54, 1.807) is 0 Å². The highest BCUT2D eigenvalue weighted by Gasteiger charge is 2.25. The molecule has 3 rings (SSSR count). The molecule has 0 saturated carbocycles. The van der Waals surface area contributed by atoms with Crippen LogP contribution < -0.4 is 31.0 Å². The van der Waals surface area contributed by atoms with E-state index in [0.29, 0.717) is 17.9 Å². The van der Waals surface area contributed by atoms with Crippen molar-refractivity contribution in [2.45, 2.75) is 23.8 Å². The Morgan fingerprint density at radius 2 is 1.97 bits per heavy atom. The minimum Gasteiger partial charge on any atom is -0.480 e. The molecule has 0 fully saturated rings. The van der Waals surface area contributed by atoms with Crippen LogP contribution in [0.5, 0.6) is 11.5 Å². The molecule has 32 heavy (non-hydrogen) atoms. The third kappa shape index (κ3) is 5.59. The quantitative estimate of drug-likeness (QED) is 0.182. The van der Waals surface area contributed by atoms with Gasteiger partial charge >= 0.3 is 5.97 Å². The van der Waals surface area contributed by atoms with Crippen molar-refractivity contribution in [1.82, 2.24) is 5.32 Å². The van der Waals surface area contributed by atoms with Gasteiger partial charge in [-0.15, -0.1) is 11.3 Å². The number of nitrogens with two attached hydrogens (primary N) is 2. The van der Waals surface area contributed by atoms with Crippen molar-refractivity contribution in [3.63, 3.8) is 0 Å². The number of carboxylic acids is 1. The normalized spacial score (nSPS) is 13.2. The molecule has 2 heterocycles. The van der Waals surface area contributed by atoms with Gasteiger partial charge in [0.2, 0.25) is 6.79 Å². The first-order chi connectivity index (χ1) is 15.2. The number of anilines is 1. The molecule has 1 aromatic carbocycles. The van der Waals surface area contributed by atoms with Crippen molar-refractivity contribution in [3.05, 3.63) is 34.5 Å². The van der Waals surface area contributed by atoms with Gasteiger partial charge in [0.15, 0.2) is 17.5 Å². The Labute approximate surface area is 187 Å². The van der Waals surface area contributed by atoms with Gasteiger partial charge in [0, 0.05) is 12.6 Å². The Hall–Kier alpha value is -3.52. The van der Waals surface area contributed by atoms with Gasteiger partial charge in [-0.1, -0.05) is 0 Å². The highest BCUT2D eigenvalue weighted by atomic mass is 32.2. The summed E-state index contributed by atoms with van der Waals surface area (Å²) in [6.07, 6.45) is 0.407. The van der Waals surface area contributed by atoms with Crippen molar-refractivity contribution >= 4 is 44.9 Å². The zero-order valence-corrected chi connectivity index (χ0v) is 18.2. The van der Waals surface area contributed by atoms with Crippen molar-refractivity contribution in [3.8, 4) is 11.5 Å². The van der Waals surface area contributed by atoms with Crippen LogP contribution in [0.4, 0.5) is 5.69 Å². The van der Waals surface area contributed by atoms with E-state index in [4.69, 9.17) is 20.9 Å². The number of hydrogen-bond donors (Lipinski definition) is 5. The molecule has 172 valence electrons. The van der Waals surface area contributed by atoms with Crippen molar-refractivity contribution in [2.24, 2.45) is 16.5 Å².